The number of hydrogen-bond acceptors (Lipinski definition) is 2. The average molecular weight is 186 g/mol. The zero-order chi connectivity index (χ0) is 10.2. The first-order valence-corrected chi connectivity index (χ1v) is 5.62. The van der Waals surface area contributed by atoms with E-state index < -0.39 is 0 Å². The Balaban J connectivity index is 0.000000671. The highest BCUT2D eigenvalue weighted by Gasteiger charge is 2.25. The molecule has 2 nitrogen and oxygen atoms in total. The Hall–Kier alpha value is -0.0800. The smallest absolute Gasteiger partial charge is 0.000564 e. The maximum atomic E-state index is 3.46. The third-order valence-corrected chi connectivity index (χ3v) is 2.66. The molecule has 1 fully saturated rings. The van der Waals surface area contributed by atoms with Crippen LogP contribution in [0.3, 0.4) is 0 Å². The molecule has 0 aromatic heterocycles. The van der Waals surface area contributed by atoms with E-state index in [0.29, 0.717) is 5.41 Å². The van der Waals surface area contributed by atoms with Crippen molar-refractivity contribution in [2.75, 3.05) is 26.7 Å². The van der Waals surface area contributed by atoms with E-state index in [0.717, 1.165) is 6.54 Å². The van der Waals surface area contributed by atoms with Gasteiger partial charge in [-0.1, -0.05) is 20.8 Å². The fraction of sp³-hybridized carbons (Fsp3) is 1.00. The lowest BCUT2D eigenvalue weighted by Crippen LogP contribution is -2.39. The molecule has 1 aliphatic heterocycles. The van der Waals surface area contributed by atoms with Gasteiger partial charge in [-0.05, 0) is 44.8 Å². The third kappa shape index (κ3) is 5.27. The molecule has 0 aromatic carbocycles. The molecule has 1 heterocycles. The molecule has 1 unspecified atom stereocenters. The highest BCUT2D eigenvalue weighted by molar-refractivity contribution is 4.81. The largest absolute Gasteiger partial charge is 0.320 e. The van der Waals surface area contributed by atoms with Gasteiger partial charge in [0.05, 0.1) is 0 Å². The van der Waals surface area contributed by atoms with E-state index in [1.165, 1.54) is 32.4 Å². The Morgan fingerprint density at radius 3 is 2.54 bits per heavy atom. The van der Waals surface area contributed by atoms with Crippen molar-refractivity contribution in [3.8, 4) is 0 Å². The quantitative estimate of drug-likeness (QED) is 0.704. The molecule has 13 heavy (non-hydrogen) atoms. The lowest BCUT2D eigenvalue weighted by atomic mass is 9.80. The predicted molar refractivity (Wildman–Crippen MR) is 60.1 cm³/mol. The van der Waals surface area contributed by atoms with Crippen molar-refractivity contribution in [3.05, 3.63) is 0 Å². The van der Waals surface area contributed by atoms with Crippen molar-refractivity contribution in [2.45, 2.75) is 40.0 Å². The number of nitrogens with one attached hydrogen (secondary N) is 2. The molecule has 0 radical (unpaired) electrons. The number of piperidine rings is 1. The van der Waals surface area contributed by atoms with Crippen molar-refractivity contribution in [1.29, 1.82) is 0 Å². The van der Waals surface area contributed by atoms with Crippen LogP contribution in [0.1, 0.15) is 40.0 Å². The molecule has 0 saturated carbocycles. The van der Waals surface area contributed by atoms with Gasteiger partial charge in [0.15, 0.2) is 0 Å². The van der Waals surface area contributed by atoms with Gasteiger partial charge in [-0.25, -0.2) is 0 Å². The fourth-order valence-corrected chi connectivity index (χ4v) is 1.76. The lowest BCUT2D eigenvalue weighted by Gasteiger charge is -2.34. The summed E-state index contributed by atoms with van der Waals surface area (Å²) in [6.07, 6.45) is 4.04. The van der Waals surface area contributed by atoms with Crippen LogP contribution in [0, 0.1) is 5.41 Å². The van der Waals surface area contributed by atoms with Crippen LogP contribution in [-0.4, -0.2) is 26.7 Å². The zero-order valence-electron chi connectivity index (χ0n) is 9.74. The minimum Gasteiger partial charge on any atom is -0.320 e. The molecule has 1 rings (SSSR count). The maximum Gasteiger partial charge on any atom is 0.000564 e. The van der Waals surface area contributed by atoms with Crippen LogP contribution in [0.2, 0.25) is 0 Å². The van der Waals surface area contributed by atoms with Crippen LogP contribution in [0.15, 0.2) is 0 Å². The van der Waals surface area contributed by atoms with Gasteiger partial charge in [0.1, 0.15) is 0 Å². The summed E-state index contributed by atoms with van der Waals surface area (Å²) in [6, 6.07) is 0. The molecular weight excluding hydrogens is 160 g/mol. The van der Waals surface area contributed by atoms with Gasteiger partial charge < -0.3 is 10.6 Å². The second kappa shape index (κ2) is 7.34. The SMILES string of the molecule is CC.CNCCC1(C)CCCNC1. The van der Waals surface area contributed by atoms with Crippen molar-refractivity contribution in [3.63, 3.8) is 0 Å². The Bertz CT molecular complexity index is 107. The minimum absolute atomic E-state index is 0.557. The normalized spacial score (nSPS) is 27.7. The summed E-state index contributed by atoms with van der Waals surface area (Å²) in [5, 5.41) is 6.67. The summed E-state index contributed by atoms with van der Waals surface area (Å²) in [4.78, 5) is 0. The number of hydrogen-bond donors (Lipinski definition) is 2. The van der Waals surface area contributed by atoms with Crippen LogP contribution >= 0.6 is 0 Å². The van der Waals surface area contributed by atoms with Crippen molar-refractivity contribution in [1.82, 2.24) is 10.6 Å². The molecule has 0 amide bonds. The molecule has 80 valence electrons. The van der Waals surface area contributed by atoms with E-state index in [-0.39, 0.29) is 0 Å². The summed E-state index contributed by atoms with van der Waals surface area (Å²) in [7, 11) is 2.03. The molecule has 2 heteroatoms. The molecule has 1 saturated heterocycles. The average Bonchev–Trinajstić information content (AvgIpc) is 2.19. The molecule has 2 N–H and O–H groups in total. The molecule has 1 aliphatic rings. The first-order chi connectivity index (χ1) is 6.27. The van der Waals surface area contributed by atoms with E-state index >= 15 is 0 Å². The Morgan fingerprint density at radius 1 is 1.38 bits per heavy atom. The van der Waals surface area contributed by atoms with Gasteiger partial charge in [-0.15, -0.1) is 0 Å². The van der Waals surface area contributed by atoms with Gasteiger partial charge in [0.2, 0.25) is 0 Å². The zero-order valence-corrected chi connectivity index (χ0v) is 9.74. The van der Waals surface area contributed by atoms with Crippen molar-refractivity contribution < 1.29 is 0 Å². The Morgan fingerprint density at radius 2 is 2.08 bits per heavy atom. The second-order valence-corrected chi connectivity index (χ2v) is 3.94. The maximum absolute atomic E-state index is 3.46. The van der Waals surface area contributed by atoms with Crippen LogP contribution in [-0.2, 0) is 0 Å². The standard InChI is InChI=1S/C9H20N2.C2H6/c1-9(5-7-10-2)4-3-6-11-8-9;1-2/h10-11H,3-8H2,1-2H3;1-2H3. The lowest BCUT2D eigenvalue weighted by molar-refractivity contribution is 0.218. The molecule has 0 bridgehead atoms. The third-order valence-electron chi connectivity index (χ3n) is 2.66. The molecule has 0 aliphatic carbocycles. The predicted octanol–water partition coefficient (Wildman–Crippen LogP) is 2.01. The summed E-state index contributed by atoms with van der Waals surface area (Å²) in [5.74, 6) is 0. The van der Waals surface area contributed by atoms with E-state index in [1.54, 1.807) is 0 Å². The van der Waals surface area contributed by atoms with Crippen LogP contribution in [0.25, 0.3) is 0 Å². The summed E-state index contributed by atoms with van der Waals surface area (Å²) in [5.41, 5.74) is 0.557. The topological polar surface area (TPSA) is 24.1 Å². The Kier molecular flexibility index (Phi) is 7.29. The first-order valence-electron chi connectivity index (χ1n) is 5.62. The van der Waals surface area contributed by atoms with Crippen LogP contribution in [0.4, 0.5) is 0 Å². The second-order valence-electron chi connectivity index (χ2n) is 3.94. The van der Waals surface area contributed by atoms with Gasteiger partial charge in [-0.2, -0.15) is 0 Å². The highest BCUT2D eigenvalue weighted by Crippen LogP contribution is 2.28. The van der Waals surface area contributed by atoms with E-state index in [4.69, 9.17) is 0 Å². The fourth-order valence-electron chi connectivity index (χ4n) is 1.76. The van der Waals surface area contributed by atoms with Crippen LogP contribution in [0.5, 0.6) is 0 Å². The molecule has 0 aromatic rings. The minimum atomic E-state index is 0.557. The molecular formula is C11H26N2. The summed E-state index contributed by atoms with van der Waals surface area (Å²) >= 11 is 0. The van der Waals surface area contributed by atoms with Gasteiger partial charge >= 0.3 is 0 Å². The van der Waals surface area contributed by atoms with Crippen LogP contribution < -0.4 is 10.6 Å². The van der Waals surface area contributed by atoms with Gasteiger partial charge in [-0.3, -0.25) is 0 Å². The van der Waals surface area contributed by atoms with Crippen molar-refractivity contribution in [2.24, 2.45) is 5.41 Å². The van der Waals surface area contributed by atoms with Crippen molar-refractivity contribution >= 4 is 0 Å². The highest BCUT2D eigenvalue weighted by atomic mass is 14.9. The monoisotopic (exact) mass is 186 g/mol. The first kappa shape index (κ1) is 12.9. The summed E-state index contributed by atoms with van der Waals surface area (Å²) in [6.45, 7) is 9.96. The van der Waals surface area contributed by atoms with Gasteiger partial charge in [0, 0.05) is 6.54 Å². The summed E-state index contributed by atoms with van der Waals surface area (Å²) < 4.78 is 0. The molecule has 0 spiro atoms. The number of rotatable bonds is 3. The van der Waals surface area contributed by atoms with E-state index in [9.17, 15) is 0 Å². The van der Waals surface area contributed by atoms with E-state index in [2.05, 4.69) is 17.6 Å². The Labute approximate surface area is 83.5 Å². The van der Waals surface area contributed by atoms with Gasteiger partial charge in [0.25, 0.3) is 0 Å². The van der Waals surface area contributed by atoms with E-state index in [1.807, 2.05) is 20.9 Å². The molecule has 1 atom stereocenters.